The van der Waals surface area contributed by atoms with Crippen LogP contribution >= 0.6 is 15.9 Å². The molecule has 3 amide bonds. The van der Waals surface area contributed by atoms with Crippen LogP contribution in [-0.4, -0.2) is 62.2 Å². The third kappa shape index (κ3) is 7.06. The van der Waals surface area contributed by atoms with Gasteiger partial charge < -0.3 is 24.7 Å². The number of amides is 3. The average Bonchev–Trinajstić information content (AvgIpc) is 3.69. The minimum Gasteiger partial charge on any atom is -0.444 e. The van der Waals surface area contributed by atoms with E-state index in [-0.39, 0.29) is 43.7 Å². The van der Waals surface area contributed by atoms with Crippen molar-refractivity contribution in [2.24, 2.45) is 5.92 Å². The number of benzene rings is 2. The number of aromatic amines is 1. The van der Waals surface area contributed by atoms with Crippen LogP contribution in [0.3, 0.4) is 0 Å². The van der Waals surface area contributed by atoms with Crippen LogP contribution < -0.4 is 5.32 Å². The Labute approximate surface area is 264 Å². The lowest BCUT2D eigenvalue weighted by Gasteiger charge is -2.31. The SMILES string of the molecule is CC(C)[C@H](NC(=O)OC(C)(C)C)C(=O)N1C[C@H](OC(=O)N2Cc3cccc(F)c3C2)C[C@H]1c1ncc(-c2ccc(Br)cc2)[nH]1. The van der Waals surface area contributed by atoms with Crippen LogP contribution in [0.4, 0.5) is 14.0 Å². The van der Waals surface area contributed by atoms with Gasteiger partial charge in [-0.2, -0.15) is 0 Å². The highest BCUT2D eigenvalue weighted by Crippen LogP contribution is 2.35. The van der Waals surface area contributed by atoms with Gasteiger partial charge in [0.05, 0.1) is 31.0 Å². The number of carbonyl (C=O) groups excluding carboxylic acids is 3. The van der Waals surface area contributed by atoms with E-state index in [9.17, 15) is 18.8 Å². The van der Waals surface area contributed by atoms with E-state index in [4.69, 9.17) is 9.47 Å². The Bertz CT molecular complexity index is 1540. The molecule has 3 atom stereocenters. The molecule has 10 nitrogen and oxygen atoms in total. The third-order valence-electron chi connectivity index (χ3n) is 7.67. The molecular weight excluding hydrogens is 633 g/mol. The summed E-state index contributed by atoms with van der Waals surface area (Å²) in [5.74, 6) is -0.422. The molecule has 234 valence electrons. The van der Waals surface area contributed by atoms with Gasteiger partial charge in [0.15, 0.2) is 0 Å². The molecule has 2 aliphatic rings. The number of rotatable bonds is 6. The smallest absolute Gasteiger partial charge is 0.410 e. The minimum atomic E-state index is -0.890. The summed E-state index contributed by atoms with van der Waals surface area (Å²) in [7, 11) is 0. The van der Waals surface area contributed by atoms with Crippen molar-refractivity contribution in [3.8, 4) is 11.3 Å². The Hall–Kier alpha value is -3.93. The maximum absolute atomic E-state index is 14.3. The van der Waals surface area contributed by atoms with Crippen molar-refractivity contribution >= 4 is 34.0 Å². The predicted octanol–water partition coefficient (Wildman–Crippen LogP) is 6.32. The summed E-state index contributed by atoms with van der Waals surface area (Å²) < 4.78 is 26.6. The van der Waals surface area contributed by atoms with Crippen molar-refractivity contribution in [2.45, 2.75) is 77.9 Å². The van der Waals surface area contributed by atoms with E-state index in [1.165, 1.54) is 11.0 Å². The topological polar surface area (TPSA) is 117 Å². The zero-order valence-corrected chi connectivity index (χ0v) is 27.0. The van der Waals surface area contributed by atoms with Crippen LogP contribution in [0.1, 0.15) is 64.0 Å². The lowest BCUT2D eigenvalue weighted by molar-refractivity contribution is -0.136. The first-order valence-electron chi connectivity index (χ1n) is 14.6. The van der Waals surface area contributed by atoms with Gasteiger partial charge in [0, 0.05) is 23.0 Å². The number of alkyl carbamates (subject to hydrolysis) is 1. The van der Waals surface area contributed by atoms with E-state index in [2.05, 4.69) is 31.2 Å². The highest BCUT2D eigenvalue weighted by molar-refractivity contribution is 9.10. The first-order valence-corrected chi connectivity index (χ1v) is 15.4. The molecule has 12 heteroatoms. The van der Waals surface area contributed by atoms with Gasteiger partial charge in [0.1, 0.15) is 29.4 Å². The maximum Gasteiger partial charge on any atom is 0.410 e. The number of nitrogens with zero attached hydrogens (tertiary/aromatic N) is 3. The van der Waals surface area contributed by atoms with E-state index in [1.807, 2.05) is 38.1 Å². The molecule has 2 aromatic carbocycles. The molecule has 0 radical (unpaired) electrons. The van der Waals surface area contributed by atoms with E-state index in [0.717, 1.165) is 21.3 Å². The average molecular weight is 671 g/mol. The van der Waals surface area contributed by atoms with Gasteiger partial charge >= 0.3 is 12.2 Å². The third-order valence-corrected chi connectivity index (χ3v) is 8.20. The van der Waals surface area contributed by atoms with Crippen molar-refractivity contribution in [1.29, 1.82) is 0 Å². The Morgan fingerprint density at radius 3 is 2.50 bits per heavy atom. The van der Waals surface area contributed by atoms with Crippen LogP contribution in [0.15, 0.2) is 53.1 Å². The number of fused-ring (bicyclic) bond motifs is 1. The molecule has 3 heterocycles. The molecule has 5 rings (SSSR count). The van der Waals surface area contributed by atoms with Crippen molar-refractivity contribution in [3.05, 3.63) is 75.9 Å². The van der Waals surface area contributed by atoms with Crippen molar-refractivity contribution in [3.63, 3.8) is 0 Å². The number of imidazole rings is 1. The van der Waals surface area contributed by atoms with Crippen LogP contribution in [0.5, 0.6) is 0 Å². The Morgan fingerprint density at radius 1 is 1.11 bits per heavy atom. The van der Waals surface area contributed by atoms with Gasteiger partial charge in [-0.3, -0.25) is 9.69 Å². The molecule has 0 unspecified atom stereocenters. The fraction of sp³-hybridized carbons (Fsp3) is 0.438. The first kappa shape index (κ1) is 31.5. The maximum atomic E-state index is 14.3. The van der Waals surface area contributed by atoms with Gasteiger partial charge in [0.2, 0.25) is 5.91 Å². The molecule has 44 heavy (non-hydrogen) atoms. The van der Waals surface area contributed by atoms with E-state index < -0.39 is 36.0 Å². The highest BCUT2D eigenvalue weighted by Gasteiger charge is 2.44. The fourth-order valence-electron chi connectivity index (χ4n) is 5.52. The Balaban J connectivity index is 1.37. The Kier molecular flexibility index (Phi) is 9.01. The molecule has 0 saturated carbocycles. The molecule has 1 saturated heterocycles. The molecule has 0 aliphatic carbocycles. The zero-order valence-electron chi connectivity index (χ0n) is 25.4. The quantitative estimate of drug-likeness (QED) is 0.317. The largest absolute Gasteiger partial charge is 0.444 e. The second kappa shape index (κ2) is 12.6. The van der Waals surface area contributed by atoms with Crippen molar-refractivity contribution in [1.82, 2.24) is 25.1 Å². The lowest BCUT2D eigenvalue weighted by Crippen LogP contribution is -2.52. The molecule has 1 fully saturated rings. The van der Waals surface area contributed by atoms with Gasteiger partial charge in [0.25, 0.3) is 0 Å². The van der Waals surface area contributed by atoms with Crippen LogP contribution in [0.2, 0.25) is 0 Å². The molecule has 0 bridgehead atoms. The van der Waals surface area contributed by atoms with Crippen molar-refractivity contribution in [2.75, 3.05) is 6.54 Å². The normalized spacial score (nSPS) is 18.7. The monoisotopic (exact) mass is 669 g/mol. The summed E-state index contributed by atoms with van der Waals surface area (Å²) in [6.45, 7) is 9.39. The molecular formula is C32H37BrFN5O5. The summed E-state index contributed by atoms with van der Waals surface area (Å²) in [4.78, 5) is 51.0. The molecule has 0 spiro atoms. The number of aromatic nitrogens is 2. The highest BCUT2D eigenvalue weighted by atomic mass is 79.9. The first-order chi connectivity index (χ1) is 20.8. The number of halogens is 2. The zero-order chi connectivity index (χ0) is 31.8. The molecule has 2 aliphatic heterocycles. The second-order valence-corrected chi connectivity index (χ2v) is 13.5. The molecule has 3 aromatic rings. The number of ether oxygens (including phenoxy) is 2. The second-order valence-electron chi connectivity index (χ2n) is 12.5. The number of H-pyrrole nitrogens is 1. The predicted molar refractivity (Wildman–Crippen MR) is 165 cm³/mol. The van der Waals surface area contributed by atoms with Gasteiger partial charge in [-0.15, -0.1) is 0 Å². The number of likely N-dealkylation sites (tertiary alicyclic amines) is 1. The van der Waals surface area contributed by atoms with Crippen LogP contribution in [0, 0.1) is 11.7 Å². The van der Waals surface area contributed by atoms with E-state index in [0.29, 0.717) is 11.4 Å². The van der Waals surface area contributed by atoms with E-state index >= 15 is 0 Å². The summed E-state index contributed by atoms with van der Waals surface area (Å²) in [5, 5.41) is 2.73. The lowest BCUT2D eigenvalue weighted by atomic mass is 10.0. The van der Waals surface area contributed by atoms with Crippen molar-refractivity contribution < 1.29 is 28.2 Å². The van der Waals surface area contributed by atoms with Crippen LogP contribution in [-0.2, 0) is 27.4 Å². The minimum absolute atomic E-state index is 0.0952. The number of nitrogens with one attached hydrogen (secondary N) is 2. The van der Waals surface area contributed by atoms with Gasteiger partial charge in [-0.1, -0.05) is 54.0 Å². The summed E-state index contributed by atoms with van der Waals surface area (Å²) in [6.07, 6.45) is 0.0632. The molecule has 1 aromatic heterocycles. The van der Waals surface area contributed by atoms with E-state index in [1.54, 1.807) is 44.0 Å². The number of hydrogen-bond donors (Lipinski definition) is 2. The van der Waals surface area contributed by atoms with Gasteiger partial charge in [-0.25, -0.2) is 19.0 Å². The standard InChI is InChI=1S/C32H37BrFN5O5/c1-18(2)27(37-30(41)44-32(3,4)5)29(40)39-16-22(43-31(42)38-15-20-7-6-8-24(34)23(20)17-38)13-26(39)28-35-14-25(36-28)19-9-11-21(33)12-10-19/h6-12,14,18,22,26-27H,13,15-17H2,1-5H3,(H,35,36)(H,37,41)/t22-,26+,27+/m1/s1. The molecule has 2 N–H and O–H groups in total. The number of hydrogen-bond acceptors (Lipinski definition) is 6. The fourth-order valence-corrected chi connectivity index (χ4v) is 5.79. The Morgan fingerprint density at radius 2 is 1.84 bits per heavy atom. The number of carbonyl (C=O) groups is 3. The van der Waals surface area contributed by atoms with Gasteiger partial charge in [-0.05, 0) is 56.0 Å². The summed E-state index contributed by atoms with van der Waals surface area (Å²) >= 11 is 3.45. The summed E-state index contributed by atoms with van der Waals surface area (Å²) in [5.41, 5.74) is 2.17. The summed E-state index contributed by atoms with van der Waals surface area (Å²) in [6, 6.07) is 11.1. The van der Waals surface area contributed by atoms with Crippen LogP contribution in [0.25, 0.3) is 11.3 Å².